The van der Waals surface area contributed by atoms with E-state index in [4.69, 9.17) is 9.47 Å². The van der Waals surface area contributed by atoms with E-state index in [9.17, 15) is 9.90 Å². The molecule has 0 aliphatic heterocycles. The number of ether oxygens (including phenoxy) is 2. The Kier molecular flexibility index (Phi) is 7.99. The lowest BCUT2D eigenvalue weighted by Gasteiger charge is -2.18. The molecule has 0 bridgehead atoms. The summed E-state index contributed by atoms with van der Waals surface area (Å²) in [5, 5.41) is 12.5. The summed E-state index contributed by atoms with van der Waals surface area (Å²) in [6.45, 7) is 2.53. The Morgan fingerprint density at radius 1 is 1.11 bits per heavy atom. The van der Waals surface area contributed by atoms with Crippen molar-refractivity contribution in [3.63, 3.8) is 0 Å². The van der Waals surface area contributed by atoms with Crippen LogP contribution in [0.4, 0.5) is 0 Å². The van der Waals surface area contributed by atoms with Gasteiger partial charge >= 0.3 is 0 Å². The highest BCUT2D eigenvalue weighted by atomic mass is 16.5. The highest BCUT2D eigenvalue weighted by molar-refractivity contribution is 5.77. The fourth-order valence-corrected chi connectivity index (χ4v) is 3.17. The maximum atomic E-state index is 12.6. The van der Waals surface area contributed by atoms with E-state index >= 15 is 0 Å². The van der Waals surface area contributed by atoms with Gasteiger partial charge in [-0.1, -0.05) is 44.0 Å². The van der Waals surface area contributed by atoms with Crippen LogP contribution >= 0.6 is 0 Å². The van der Waals surface area contributed by atoms with Crippen LogP contribution in [0.1, 0.15) is 49.7 Å². The third kappa shape index (κ3) is 5.91. The highest BCUT2D eigenvalue weighted by Crippen LogP contribution is 2.31. The molecule has 0 fully saturated rings. The molecule has 0 aliphatic carbocycles. The fourth-order valence-electron chi connectivity index (χ4n) is 3.17. The van der Waals surface area contributed by atoms with Crippen molar-refractivity contribution in [3.8, 4) is 17.2 Å². The molecule has 1 unspecified atom stereocenters. The predicted octanol–water partition coefficient (Wildman–Crippen LogP) is 4.39. The van der Waals surface area contributed by atoms with E-state index in [1.807, 2.05) is 30.3 Å². The first-order valence-corrected chi connectivity index (χ1v) is 9.34. The standard InChI is InChI=1S/C22H29NO4/c1-4-5-7-17(16-10-12-19(24)13-11-16)14-21(25)23-15-18-8-6-9-20(26-2)22(18)27-3/h6,8-13,17,24H,4-5,7,14-15H2,1-3H3,(H,23,25). The van der Waals surface area contributed by atoms with Gasteiger partial charge in [0, 0.05) is 18.5 Å². The third-order valence-corrected chi connectivity index (χ3v) is 4.66. The normalized spacial score (nSPS) is 11.7. The second kappa shape index (κ2) is 10.5. The minimum Gasteiger partial charge on any atom is -0.508 e. The van der Waals surface area contributed by atoms with Crippen molar-refractivity contribution in [2.24, 2.45) is 0 Å². The molecule has 0 heterocycles. The number of nitrogens with one attached hydrogen (secondary N) is 1. The van der Waals surface area contributed by atoms with Gasteiger partial charge in [-0.25, -0.2) is 0 Å². The van der Waals surface area contributed by atoms with Gasteiger partial charge in [-0.05, 0) is 36.1 Å². The summed E-state index contributed by atoms with van der Waals surface area (Å²) < 4.78 is 10.7. The molecule has 1 amide bonds. The Labute approximate surface area is 161 Å². The number of carbonyl (C=O) groups excluding carboxylic acids is 1. The van der Waals surface area contributed by atoms with Crippen molar-refractivity contribution in [2.75, 3.05) is 14.2 Å². The molecule has 0 aromatic heterocycles. The van der Waals surface area contributed by atoms with Crippen LogP contribution in [0.25, 0.3) is 0 Å². The zero-order valence-electron chi connectivity index (χ0n) is 16.3. The van der Waals surface area contributed by atoms with Crippen molar-refractivity contribution < 1.29 is 19.4 Å². The Bertz CT molecular complexity index is 728. The average molecular weight is 371 g/mol. The van der Waals surface area contributed by atoms with E-state index in [2.05, 4.69) is 12.2 Å². The number of hydrogen-bond donors (Lipinski definition) is 2. The van der Waals surface area contributed by atoms with Gasteiger partial charge in [0.2, 0.25) is 5.91 Å². The number of rotatable bonds is 10. The number of benzene rings is 2. The van der Waals surface area contributed by atoms with Gasteiger partial charge in [0.05, 0.1) is 14.2 Å². The van der Waals surface area contributed by atoms with Crippen LogP contribution in [0.2, 0.25) is 0 Å². The average Bonchev–Trinajstić information content (AvgIpc) is 2.69. The number of para-hydroxylation sites is 1. The molecule has 2 aromatic rings. The van der Waals surface area contributed by atoms with Crippen LogP contribution in [0.15, 0.2) is 42.5 Å². The lowest BCUT2D eigenvalue weighted by atomic mass is 9.90. The smallest absolute Gasteiger partial charge is 0.220 e. The van der Waals surface area contributed by atoms with Gasteiger partial charge in [-0.2, -0.15) is 0 Å². The summed E-state index contributed by atoms with van der Waals surface area (Å²) in [5.74, 6) is 1.66. The monoisotopic (exact) mass is 371 g/mol. The van der Waals surface area contributed by atoms with E-state index in [-0.39, 0.29) is 17.6 Å². The lowest BCUT2D eigenvalue weighted by molar-refractivity contribution is -0.121. The third-order valence-electron chi connectivity index (χ3n) is 4.66. The number of methoxy groups -OCH3 is 2. The van der Waals surface area contributed by atoms with Crippen LogP contribution < -0.4 is 14.8 Å². The molecule has 27 heavy (non-hydrogen) atoms. The molecule has 0 saturated heterocycles. The largest absolute Gasteiger partial charge is 0.508 e. The molecule has 2 rings (SSSR count). The van der Waals surface area contributed by atoms with Crippen LogP contribution in [0.5, 0.6) is 17.2 Å². The number of hydrogen-bond acceptors (Lipinski definition) is 4. The minimum atomic E-state index is -0.00551. The van der Waals surface area contributed by atoms with E-state index < -0.39 is 0 Å². The molecule has 5 nitrogen and oxygen atoms in total. The van der Waals surface area contributed by atoms with Crippen molar-refractivity contribution in [1.82, 2.24) is 5.32 Å². The first-order chi connectivity index (χ1) is 13.1. The summed E-state index contributed by atoms with van der Waals surface area (Å²) >= 11 is 0. The molecule has 2 N–H and O–H groups in total. The van der Waals surface area contributed by atoms with Crippen molar-refractivity contribution in [3.05, 3.63) is 53.6 Å². The molecule has 0 spiro atoms. The van der Waals surface area contributed by atoms with Crippen LogP contribution in [0, 0.1) is 0 Å². The van der Waals surface area contributed by atoms with Gasteiger partial charge in [-0.15, -0.1) is 0 Å². The Hall–Kier alpha value is -2.69. The molecule has 0 radical (unpaired) electrons. The van der Waals surface area contributed by atoms with Crippen molar-refractivity contribution in [1.29, 1.82) is 0 Å². The molecule has 1 atom stereocenters. The Morgan fingerprint density at radius 2 is 1.85 bits per heavy atom. The van der Waals surface area contributed by atoms with Crippen LogP contribution in [-0.4, -0.2) is 25.2 Å². The lowest BCUT2D eigenvalue weighted by Crippen LogP contribution is -2.25. The second-order valence-electron chi connectivity index (χ2n) is 6.56. The number of unbranched alkanes of at least 4 members (excludes halogenated alkanes) is 1. The van der Waals surface area contributed by atoms with Crippen molar-refractivity contribution in [2.45, 2.75) is 45.1 Å². The minimum absolute atomic E-state index is 0.00551. The van der Waals surface area contributed by atoms with Gasteiger partial charge in [-0.3, -0.25) is 4.79 Å². The molecule has 146 valence electrons. The predicted molar refractivity (Wildman–Crippen MR) is 106 cm³/mol. The summed E-state index contributed by atoms with van der Waals surface area (Å²) in [4.78, 5) is 12.6. The van der Waals surface area contributed by atoms with E-state index in [1.165, 1.54) is 0 Å². The first-order valence-electron chi connectivity index (χ1n) is 9.34. The molecule has 0 saturated carbocycles. The molecule has 2 aromatic carbocycles. The fraction of sp³-hybridized carbons (Fsp3) is 0.409. The van der Waals surface area contributed by atoms with Gasteiger partial charge in [0.15, 0.2) is 11.5 Å². The molecule has 5 heteroatoms. The number of amides is 1. The van der Waals surface area contributed by atoms with Crippen LogP contribution in [0.3, 0.4) is 0 Å². The Balaban J connectivity index is 2.02. The van der Waals surface area contributed by atoms with Crippen LogP contribution in [-0.2, 0) is 11.3 Å². The van der Waals surface area contributed by atoms with Gasteiger partial charge in [0.1, 0.15) is 5.75 Å². The summed E-state index contributed by atoms with van der Waals surface area (Å²) in [5.41, 5.74) is 1.95. The van der Waals surface area contributed by atoms with Gasteiger partial charge in [0.25, 0.3) is 0 Å². The SMILES string of the molecule is CCCCC(CC(=O)NCc1cccc(OC)c1OC)c1ccc(O)cc1. The molecular weight excluding hydrogens is 342 g/mol. The number of phenolic OH excluding ortho intramolecular Hbond substituents is 1. The summed E-state index contributed by atoms with van der Waals surface area (Å²) in [6, 6.07) is 12.8. The van der Waals surface area contributed by atoms with E-state index in [1.54, 1.807) is 26.4 Å². The highest BCUT2D eigenvalue weighted by Gasteiger charge is 2.17. The number of aromatic hydroxyl groups is 1. The summed E-state index contributed by atoms with van der Waals surface area (Å²) in [6.07, 6.45) is 3.49. The summed E-state index contributed by atoms with van der Waals surface area (Å²) in [7, 11) is 3.19. The molecule has 0 aliphatic rings. The maximum absolute atomic E-state index is 12.6. The van der Waals surface area contributed by atoms with E-state index in [0.29, 0.717) is 24.5 Å². The van der Waals surface area contributed by atoms with Gasteiger partial charge < -0.3 is 19.9 Å². The Morgan fingerprint density at radius 3 is 2.48 bits per heavy atom. The maximum Gasteiger partial charge on any atom is 0.220 e. The van der Waals surface area contributed by atoms with Crippen molar-refractivity contribution >= 4 is 5.91 Å². The quantitative estimate of drug-likeness (QED) is 0.650. The zero-order chi connectivity index (χ0) is 19.6. The second-order valence-corrected chi connectivity index (χ2v) is 6.56. The topological polar surface area (TPSA) is 67.8 Å². The number of carbonyl (C=O) groups is 1. The first kappa shape index (κ1) is 20.6. The number of phenols is 1. The van der Waals surface area contributed by atoms with E-state index in [0.717, 1.165) is 30.4 Å². The molecular formula is C22H29NO4. The zero-order valence-corrected chi connectivity index (χ0v) is 16.3.